The minimum atomic E-state index is -3.89. The average Bonchev–Trinajstić information content (AvgIpc) is 2.38. The predicted molar refractivity (Wildman–Crippen MR) is 73.9 cm³/mol. The topological polar surface area (TPSA) is 98.9 Å². The molecule has 0 saturated heterocycles. The summed E-state index contributed by atoms with van der Waals surface area (Å²) < 4.78 is 35.4. The van der Waals surface area contributed by atoms with Crippen molar-refractivity contribution >= 4 is 21.7 Å². The van der Waals surface area contributed by atoms with Crippen LogP contribution < -0.4 is 10.5 Å². The molecule has 0 unspecified atom stereocenters. The van der Waals surface area contributed by atoms with Gasteiger partial charge in [-0.05, 0) is 25.1 Å². The minimum Gasteiger partial charge on any atom is -0.495 e. The number of hydrogen-bond acceptors (Lipinski definition) is 6. The molecule has 0 heterocycles. The van der Waals surface area contributed by atoms with Crippen molar-refractivity contribution in [2.24, 2.45) is 0 Å². The highest BCUT2D eigenvalue weighted by Crippen LogP contribution is 2.28. The van der Waals surface area contributed by atoms with Crippen molar-refractivity contribution in [1.29, 1.82) is 0 Å². The third kappa shape index (κ3) is 3.61. The highest BCUT2D eigenvalue weighted by molar-refractivity contribution is 7.89. The van der Waals surface area contributed by atoms with Gasteiger partial charge < -0.3 is 15.2 Å². The second kappa shape index (κ2) is 6.58. The van der Waals surface area contributed by atoms with Crippen molar-refractivity contribution in [3.8, 4) is 5.75 Å². The van der Waals surface area contributed by atoms with Gasteiger partial charge in [0.1, 0.15) is 17.2 Å². The average molecular weight is 302 g/mol. The van der Waals surface area contributed by atoms with Crippen LogP contribution in [0.5, 0.6) is 5.75 Å². The van der Waals surface area contributed by atoms with Gasteiger partial charge in [0.05, 0.1) is 13.7 Å². The number of sulfonamides is 1. The summed E-state index contributed by atoms with van der Waals surface area (Å²) in [5.74, 6) is -0.462. The number of carbonyl (C=O) groups is 1. The van der Waals surface area contributed by atoms with Gasteiger partial charge in [-0.2, -0.15) is 4.31 Å². The summed E-state index contributed by atoms with van der Waals surface area (Å²) in [6.45, 7) is 1.45. The third-order valence-corrected chi connectivity index (χ3v) is 4.36. The minimum absolute atomic E-state index is 0.0909. The summed E-state index contributed by atoms with van der Waals surface area (Å²) in [6, 6.07) is 4.28. The first-order chi connectivity index (χ1) is 9.32. The van der Waals surface area contributed by atoms with Crippen molar-refractivity contribution < 1.29 is 22.7 Å². The number of likely N-dealkylation sites (N-methyl/N-ethyl adjacent to an activating group) is 1. The lowest BCUT2D eigenvalue weighted by molar-refractivity contribution is -0.143. The summed E-state index contributed by atoms with van der Waals surface area (Å²) in [5.41, 5.74) is 5.88. The first-order valence-corrected chi connectivity index (χ1v) is 7.32. The molecular weight excluding hydrogens is 284 g/mol. The Kier molecular flexibility index (Phi) is 5.34. The Morgan fingerprint density at radius 3 is 2.60 bits per heavy atom. The molecule has 1 rings (SSSR count). The van der Waals surface area contributed by atoms with Crippen LogP contribution in [0, 0.1) is 0 Å². The van der Waals surface area contributed by atoms with Crippen molar-refractivity contribution in [2.45, 2.75) is 11.8 Å². The summed E-state index contributed by atoms with van der Waals surface area (Å²) in [6.07, 6.45) is 0. The van der Waals surface area contributed by atoms with Crippen molar-refractivity contribution in [1.82, 2.24) is 4.31 Å². The lowest BCUT2D eigenvalue weighted by Gasteiger charge is -2.18. The summed E-state index contributed by atoms with van der Waals surface area (Å²) >= 11 is 0. The molecule has 7 nitrogen and oxygen atoms in total. The van der Waals surface area contributed by atoms with Crippen LogP contribution in [0.15, 0.2) is 23.1 Å². The number of nitrogen functional groups attached to an aromatic ring is 1. The van der Waals surface area contributed by atoms with E-state index in [-0.39, 0.29) is 29.5 Å². The lowest BCUT2D eigenvalue weighted by Crippen LogP contribution is -2.33. The molecule has 0 radical (unpaired) electrons. The van der Waals surface area contributed by atoms with Crippen LogP contribution in [0.25, 0.3) is 0 Å². The molecule has 0 bridgehead atoms. The van der Waals surface area contributed by atoms with Crippen LogP contribution >= 0.6 is 0 Å². The number of benzene rings is 1. The van der Waals surface area contributed by atoms with E-state index >= 15 is 0 Å². The van der Waals surface area contributed by atoms with Gasteiger partial charge in [0.15, 0.2) is 0 Å². The van der Waals surface area contributed by atoms with Crippen LogP contribution in [0.1, 0.15) is 6.92 Å². The number of carbonyl (C=O) groups excluding carboxylic acids is 1. The Hall–Kier alpha value is -1.80. The Bertz CT molecular complexity index is 586. The Labute approximate surface area is 118 Å². The van der Waals surface area contributed by atoms with Gasteiger partial charge in [0.25, 0.3) is 0 Å². The molecule has 1 aromatic carbocycles. The molecule has 8 heteroatoms. The van der Waals surface area contributed by atoms with E-state index in [0.29, 0.717) is 0 Å². The second-order valence-corrected chi connectivity index (χ2v) is 5.99. The highest BCUT2D eigenvalue weighted by atomic mass is 32.2. The van der Waals surface area contributed by atoms with Crippen LogP contribution in [-0.2, 0) is 19.6 Å². The molecule has 0 spiro atoms. The van der Waals surface area contributed by atoms with E-state index in [9.17, 15) is 13.2 Å². The molecule has 0 aliphatic heterocycles. The molecule has 0 aliphatic carbocycles. The second-order valence-electron chi connectivity index (χ2n) is 3.98. The fourth-order valence-electron chi connectivity index (χ4n) is 1.54. The lowest BCUT2D eigenvalue weighted by atomic mass is 10.3. The Morgan fingerprint density at radius 2 is 2.05 bits per heavy atom. The van der Waals surface area contributed by atoms with Gasteiger partial charge in [-0.1, -0.05) is 0 Å². The quantitative estimate of drug-likeness (QED) is 0.605. The maximum absolute atomic E-state index is 12.4. The number of ether oxygens (including phenoxy) is 2. The molecule has 0 aromatic heterocycles. The van der Waals surface area contributed by atoms with Gasteiger partial charge in [0, 0.05) is 12.7 Å². The van der Waals surface area contributed by atoms with Crippen LogP contribution in [0.2, 0.25) is 0 Å². The molecule has 2 N–H and O–H groups in total. The first-order valence-electron chi connectivity index (χ1n) is 5.88. The van der Waals surface area contributed by atoms with Gasteiger partial charge in [-0.25, -0.2) is 8.42 Å². The van der Waals surface area contributed by atoms with E-state index in [1.54, 1.807) is 6.92 Å². The molecule has 0 atom stereocenters. The number of esters is 1. The summed E-state index contributed by atoms with van der Waals surface area (Å²) in [5, 5.41) is 0. The zero-order valence-corrected chi connectivity index (χ0v) is 12.4. The van der Waals surface area contributed by atoms with Crippen molar-refractivity contribution in [3.05, 3.63) is 18.2 Å². The van der Waals surface area contributed by atoms with Crippen LogP contribution in [-0.4, -0.2) is 46.0 Å². The number of nitrogens with zero attached hydrogens (tertiary/aromatic N) is 1. The molecule has 0 saturated carbocycles. The van der Waals surface area contributed by atoms with Gasteiger partial charge in [-0.15, -0.1) is 0 Å². The van der Waals surface area contributed by atoms with Crippen molar-refractivity contribution in [2.75, 3.05) is 33.0 Å². The van der Waals surface area contributed by atoms with E-state index in [1.807, 2.05) is 0 Å². The normalized spacial score (nSPS) is 11.4. The summed E-state index contributed by atoms with van der Waals surface area (Å²) in [7, 11) is -1.25. The smallest absolute Gasteiger partial charge is 0.321 e. The molecule has 0 fully saturated rings. The fraction of sp³-hybridized carbons (Fsp3) is 0.417. The van der Waals surface area contributed by atoms with Gasteiger partial charge >= 0.3 is 5.97 Å². The van der Waals surface area contributed by atoms with Gasteiger partial charge in [0.2, 0.25) is 10.0 Å². The number of rotatable bonds is 6. The Balaban J connectivity index is 3.10. The van der Waals surface area contributed by atoms with Crippen LogP contribution in [0.4, 0.5) is 5.69 Å². The predicted octanol–water partition coefficient (Wildman–Crippen LogP) is 0.461. The first kappa shape index (κ1) is 16.3. The largest absolute Gasteiger partial charge is 0.495 e. The highest BCUT2D eigenvalue weighted by Gasteiger charge is 2.27. The number of hydrogen-bond donors (Lipinski definition) is 1. The van der Waals surface area contributed by atoms with E-state index in [2.05, 4.69) is 0 Å². The van der Waals surface area contributed by atoms with E-state index < -0.39 is 16.0 Å². The zero-order chi connectivity index (χ0) is 15.3. The van der Waals surface area contributed by atoms with E-state index in [4.69, 9.17) is 15.2 Å². The molecule has 0 amide bonds. The van der Waals surface area contributed by atoms with E-state index in [1.165, 1.54) is 32.4 Å². The fourth-order valence-corrected chi connectivity index (χ4v) is 2.84. The van der Waals surface area contributed by atoms with Crippen LogP contribution in [0.3, 0.4) is 0 Å². The maximum Gasteiger partial charge on any atom is 0.321 e. The number of anilines is 1. The molecule has 112 valence electrons. The van der Waals surface area contributed by atoms with Gasteiger partial charge in [-0.3, -0.25) is 4.79 Å². The van der Waals surface area contributed by atoms with Crippen molar-refractivity contribution in [3.63, 3.8) is 0 Å². The third-order valence-electron chi connectivity index (χ3n) is 2.53. The maximum atomic E-state index is 12.4. The van der Waals surface area contributed by atoms with E-state index in [0.717, 1.165) is 4.31 Å². The summed E-state index contributed by atoms with van der Waals surface area (Å²) in [4.78, 5) is 11.3. The number of nitrogens with two attached hydrogens (primary N) is 1. The zero-order valence-electron chi connectivity index (χ0n) is 11.6. The Morgan fingerprint density at radius 1 is 1.40 bits per heavy atom. The standard InChI is InChI=1S/C12H18N2O5S/c1-4-19-12(15)8-14(2)20(16,17)11-7-9(13)5-6-10(11)18-3/h5-7H,4,8,13H2,1-3H3. The monoisotopic (exact) mass is 302 g/mol. The number of methoxy groups -OCH3 is 1. The molecule has 20 heavy (non-hydrogen) atoms. The molecule has 1 aromatic rings. The molecule has 0 aliphatic rings. The molecular formula is C12H18N2O5S. The SMILES string of the molecule is CCOC(=O)CN(C)S(=O)(=O)c1cc(N)ccc1OC.